The van der Waals surface area contributed by atoms with Gasteiger partial charge in [0.25, 0.3) is 6.33 Å². The first-order chi connectivity index (χ1) is 40.3. The Balaban J connectivity index is 1.10. The van der Waals surface area contributed by atoms with Crippen LogP contribution < -0.4 is 9.30 Å². The maximum Gasteiger partial charge on any atom is 0.269 e. The Labute approximate surface area is 503 Å². The van der Waals surface area contributed by atoms with Crippen LogP contribution in [0.1, 0.15) is 132 Å². The van der Waals surface area contributed by atoms with Crippen LogP contribution in [0.2, 0.25) is 0 Å². The van der Waals surface area contributed by atoms with Gasteiger partial charge in [-0.25, -0.2) is 4.98 Å². The van der Waals surface area contributed by atoms with Gasteiger partial charge in [-0.15, -0.1) is 0 Å². The standard InChI is InChI=1S/C80H78N4O/c1-76(2,3)53-33-31-50(32-34-53)67-44-57(80(13,14)15)45-69-64-28-19-17-26-62(64)61-25-16-18-27-63(61)68-41-52(51-39-55(78(7,8)9)43-56(40-51)79(10,11)12)42-72-75(68)83(74(67)69)49-82(72)58-23-22-24-59(47-58)85-60-35-36-66-65-29-20-21-30-70(65)84(71(66)48-60)73-46-54(37-38-81-73)77(4,5)6/h16-48H,1-15H3. The van der Waals surface area contributed by atoms with Gasteiger partial charge in [-0.2, -0.15) is 0 Å². The van der Waals surface area contributed by atoms with E-state index in [-0.39, 0.29) is 27.1 Å². The molecule has 5 nitrogen and oxygen atoms in total. The Kier molecular flexibility index (Phi) is 13.0. The molecule has 9 aromatic carbocycles. The summed E-state index contributed by atoms with van der Waals surface area (Å²) in [6.07, 6.45) is 6.09. The lowest BCUT2D eigenvalue weighted by molar-refractivity contribution is -0.570. The van der Waals surface area contributed by atoms with E-state index in [0.29, 0.717) is 5.75 Å². The average molecular weight is 1110 g/mol. The first kappa shape index (κ1) is 55.4. The van der Waals surface area contributed by atoms with Crippen LogP contribution in [0.3, 0.4) is 0 Å². The molecule has 3 aromatic heterocycles. The van der Waals surface area contributed by atoms with Crippen molar-refractivity contribution < 1.29 is 9.30 Å². The quantitative estimate of drug-likeness (QED) is 0.123. The first-order valence-electron chi connectivity index (χ1n) is 30.3. The van der Waals surface area contributed by atoms with Crippen molar-refractivity contribution in [2.45, 2.75) is 131 Å². The lowest BCUT2D eigenvalue weighted by atomic mass is 9.78. The average Bonchev–Trinajstić information content (AvgIpc) is 1.67. The molecule has 13 rings (SSSR count). The minimum Gasteiger partial charge on any atom is -0.458 e. The Bertz CT molecular complexity index is 4590. The number of ether oxygens (including phenoxy) is 1. The van der Waals surface area contributed by atoms with Crippen LogP contribution in [0.5, 0.6) is 11.5 Å². The maximum absolute atomic E-state index is 7.06. The van der Waals surface area contributed by atoms with Gasteiger partial charge in [0.15, 0.2) is 0 Å². The van der Waals surface area contributed by atoms with Crippen LogP contribution in [-0.2, 0) is 27.1 Å². The van der Waals surface area contributed by atoms with E-state index in [0.717, 1.165) is 83.8 Å². The highest BCUT2D eigenvalue weighted by Crippen LogP contribution is 2.49. The summed E-state index contributed by atoms with van der Waals surface area (Å²) in [5, 5.41) is 2.31. The van der Waals surface area contributed by atoms with E-state index in [2.05, 4.69) is 318 Å². The molecule has 85 heavy (non-hydrogen) atoms. The molecule has 0 atom stereocenters. The number of hydrogen-bond donors (Lipinski definition) is 0. The highest BCUT2D eigenvalue weighted by atomic mass is 16.5. The molecule has 5 heteroatoms. The fourth-order valence-electron chi connectivity index (χ4n) is 12.5. The highest BCUT2D eigenvalue weighted by Gasteiger charge is 2.31. The minimum atomic E-state index is -0.161. The second-order valence-corrected chi connectivity index (χ2v) is 28.8. The van der Waals surface area contributed by atoms with Gasteiger partial charge in [-0.1, -0.05) is 237 Å². The molecule has 424 valence electrons. The third kappa shape index (κ3) is 9.95. The smallest absolute Gasteiger partial charge is 0.269 e. The van der Waals surface area contributed by atoms with Crippen LogP contribution in [0.15, 0.2) is 200 Å². The summed E-state index contributed by atoms with van der Waals surface area (Å²) in [7, 11) is 0. The van der Waals surface area contributed by atoms with Crippen molar-refractivity contribution in [3.8, 4) is 84.3 Å². The molecule has 0 fully saturated rings. The van der Waals surface area contributed by atoms with E-state index in [1.165, 1.54) is 55.5 Å². The Morgan fingerprint density at radius 2 is 0.906 bits per heavy atom. The second kappa shape index (κ2) is 19.9. The summed E-state index contributed by atoms with van der Waals surface area (Å²) in [6.45, 7) is 34.6. The zero-order valence-corrected chi connectivity index (χ0v) is 52.2. The van der Waals surface area contributed by atoms with Crippen LogP contribution in [-0.4, -0.2) is 14.1 Å². The fraction of sp³-hybridized carbons (Fsp3) is 0.250. The summed E-state index contributed by atoms with van der Waals surface area (Å²) in [6, 6.07) is 72.4. The molecule has 0 bridgehead atoms. The van der Waals surface area contributed by atoms with E-state index >= 15 is 0 Å². The van der Waals surface area contributed by atoms with Crippen molar-refractivity contribution in [3.63, 3.8) is 0 Å². The highest BCUT2D eigenvalue weighted by molar-refractivity contribution is 6.09. The maximum atomic E-state index is 7.06. The number of nitrogens with zero attached hydrogens (tertiary/aromatic N) is 4. The van der Waals surface area contributed by atoms with Gasteiger partial charge in [-0.3, -0.25) is 13.7 Å². The fourth-order valence-corrected chi connectivity index (χ4v) is 12.5. The van der Waals surface area contributed by atoms with Gasteiger partial charge in [0.05, 0.1) is 33.4 Å². The predicted molar refractivity (Wildman–Crippen MR) is 357 cm³/mol. The molecule has 0 amide bonds. The zero-order chi connectivity index (χ0) is 59.7. The summed E-state index contributed by atoms with van der Waals surface area (Å²) in [5.74, 6) is 2.33. The molecule has 4 heterocycles. The van der Waals surface area contributed by atoms with E-state index < -0.39 is 0 Å². The van der Waals surface area contributed by atoms with Gasteiger partial charge in [-0.05, 0) is 165 Å². The van der Waals surface area contributed by atoms with E-state index in [4.69, 9.17) is 9.72 Å². The van der Waals surface area contributed by atoms with Crippen molar-refractivity contribution >= 4 is 32.8 Å². The van der Waals surface area contributed by atoms with Crippen molar-refractivity contribution in [1.29, 1.82) is 0 Å². The van der Waals surface area contributed by atoms with Crippen LogP contribution in [0.25, 0.3) is 106 Å². The largest absolute Gasteiger partial charge is 0.458 e. The Hall–Kier alpha value is -8.80. The number of aromatic nitrogens is 4. The molecular formula is C80H78N4O. The van der Waals surface area contributed by atoms with E-state index in [1.807, 2.05) is 6.20 Å². The third-order valence-electron chi connectivity index (χ3n) is 17.5. The van der Waals surface area contributed by atoms with E-state index in [9.17, 15) is 0 Å². The van der Waals surface area contributed by atoms with Crippen molar-refractivity contribution in [2.24, 2.45) is 0 Å². The second-order valence-electron chi connectivity index (χ2n) is 28.8. The van der Waals surface area contributed by atoms with Gasteiger partial charge in [0.1, 0.15) is 17.3 Å². The molecule has 0 unspecified atom stereocenters. The topological polar surface area (TPSA) is 35.9 Å². The molecule has 0 N–H and O–H groups in total. The van der Waals surface area contributed by atoms with Gasteiger partial charge in [0.2, 0.25) is 0 Å². The molecule has 12 aromatic rings. The first-order valence-corrected chi connectivity index (χ1v) is 30.3. The number of para-hydroxylation sites is 1. The van der Waals surface area contributed by atoms with Crippen molar-refractivity contribution in [3.05, 3.63) is 234 Å². The van der Waals surface area contributed by atoms with Crippen LogP contribution in [0, 0.1) is 6.33 Å². The molecule has 0 spiro atoms. The molecule has 1 aliphatic heterocycles. The monoisotopic (exact) mass is 1110 g/mol. The molecule has 0 saturated carbocycles. The van der Waals surface area contributed by atoms with Gasteiger partial charge < -0.3 is 4.74 Å². The zero-order valence-electron chi connectivity index (χ0n) is 52.2. The SMILES string of the molecule is CC(C)(C)c1ccc(-c2cc(C(C)(C)C)cc3c2-[n+]2[c-]n(-c4cccc(Oc5ccc6c7ccccc7n(-c7cc(C(C)(C)C)ccn7)c6c5)c4)c4cc(-c5cc(C(C)(C)C)cc(C(C)(C)C)c5)cc(c42)-c2ccccc2-c2ccccc2-3)cc1. The summed E-state index contributed by atoms with van der Waals surface area (Å²) in [5.41, 5.74) is 23.9. The number of imidazole rings is 1. The lowest BCUT2D eigenvalue weighted by Gasteiger charge is -2.26. The summed E-state index contributed by atoms with van der Waals surface area (Å²) >= 11 is 0. The number of fused-ring (bicyclic) bond motifs is 10. The van der Waals surface area contributed by atoms with Gasteiger partial charge >= 0.3 is 0 Å². The molecule has 0 aliphatic carbocycles. The molecule has 0 saturated heterocycles. The Morgan fingerprint density at radius 1 is 0.365 bits per heavy atom. The van der Waals surface area contributed by atoms with Crippen molar-refractivity contribution in [1.82, 2.24) is 14.1 Å². The molecular weight excluding hydrogens is 1030 g/mol. The lowest BCUT2D eigenvalue weighted by Crippen LogP contribution is -2.32. The van der Waals surface area contributed by atoms with E-state index in [1.54, 1.807) is 0 Å². The van der Waals surface area contributed by atoms with Crippen LogP contribution in [0.4, 0.5) is 0 Å². The number of benzene rings is 9. The minimum absolute atomic E-state index is 0.00698. The summed E-state index contributed by atoms with van der Waals surface area (Å²) in [4.78, 5) is 4.97. The van der Waals surface area contributed by atoms with Crippen LogP contribution >= 0.6 is 0 Å². The van der Waals surface area contributed by atoms with Gasteiger partial charge in [0, 0.05) is 23.0 Å². The Morgan fingerprint density at radius 3 is 1.54 bits per heavy atom. The predicted octanol–water partition coefficient (Wildman–Crippen LogP) is 21.1. The number of rotatable bonds is 6. The molecule has 0 radical (unpaired) electrons. The number of pyridine rings is 1. The normalized spacial score (nSPS) is 12.9. The number of hydrogen-bond acceptors (Lipinski definition) is 2. The molecule has 1 aliphatic rings. The van der Waals surface area contributed by atoms with Crippen molar-refractivity contribution in [2.75, 3.05) is 0 Å². The summed E-state index contributed by atoms with van der Waals surface area (Å²) < 4.78 is 14.0. The third-order valence-corrected chi connectivity index (χ3v) is 17.5.